The van der Waals surface area contributed by atoms with Gasteiger partial charge in [0.05, 0.1) is 19.5 Å². The maximum atomic E-state index is 9.67. The first-order valence-corrected chi connectivity index (χ1v) is 7.09. The third kappa shape index (κ3) is 5.48. The minimum Gasteiger partial charge on any atom is -0.493 e. The van der Waals surface area contributed by atoms with Crippen molar-refractivity contribution in [3.63, 3.8) is 0 Å². The number of aliphatic hydroxyl groups is 3. The van der Waals surface area contributed by atoms with Crippen LogP contribution in [0.5, 0.6) is 0 Å². The summed E-state index contributed by atoms with van der Waals surface area (Å²) < 4.78 is 10.6. The molecule has 3 N–H and O–H groups in total. The van der Waals surface area contributed by atoms with Crippen molar-refractivity contribution in [2.45, 2.75) is 63.4 Å². The summed E-state index contributed by atoms with van der Waals surface area (Å²) in [6, 6.07) is 0. The van der Waals surface area contributed by atoms with E-state index < -0.39 is 24.4 Å². The van der Waals surface area contributed by atoms with Crippen molar-refractivity contribution in [3.8, 4) is 0 Å². The second-order valence-electron chi connectivity index (χ2n) is 4.93. The standard InChI is InChI=1S/C14H26O5/c1-2-3-4-5-6-7-8-18-12(9-15)14-13(17)11(16)10-19-14/h7-8,11-17H,2-6,9-10H2,1H3/b8-7+/t11-,12+,13+,14+/m0/s1. The highest BCUT2D eigenvalue weighted by molar-refractivity contribution is 4.90. The van der Waals surface area contributed by atoms with Crippen molar-refractivity contribution in [1.82, 2.24) is 0 Å². The lowest BCUT2D eigenvalue weighted by atomic mass is 10.1. The van der Waals surface area contributed by atoms with Crippen LogP contribution in [0.2, 0.25) is 0 Å². The molecule has 1 heterocycles. The Kier molecular flexibility index (Phi) is 8.05. The minimum absolute atomic E-state index is 0.0758. The van der Waals surface area contributed by atoms with Crippen LogP contribution in [0, 0.1) is 0 Å². The first kappa shape index (κ1) is 16.4. The van der Waals surface area contributed by atoms with E-state index >= 15 is 0 Å². The van der Waals surface area contributed by atoms with Crippen LogP contribution in [0.25, 0.3) is 0 Å². The van der Waals surface area contributed by atoms with Crippen LogP contribution in [-0.4, -0.2) is 52.9 Å². The molecule has 0 aromatic carbocycles. The van der Waals surface area contributed by atoms with E-state index in [1.807, 2.05) is 6.08 Å². The molecule has 1 fully saturated rings. The van der Waals surface area contributed by atoms with Crippen LogP contribution < -0.4 is 0 Å². The van der Waals surface area contributed by atoms with E-state index in [1.54, 1.807) is 6.26 Å². The van der Waals surface area contributed by atoms with Crippen molar-refractivity contribution in [3.05, 3.63) is 12.3 Å². The Balaban J connectivity index is 2.23. The summed E-state index contributed by atoms with van der Waals surface area (Å²) in [6.45, 7) is 1.99. The van der Waals surface area contributed by atoms with E-state index in [2.05, 4.69) is 6.92 Å². The Morgan fingerprint density at radius 1 is 1.32 bits per heavy atom. The Hall–Kier alpha value is -0.620. The van der Waals surface area contributed by atoms with Crippen LogP contribution in [0.1, 0.15) is 39.0 Å². The fourth-order valence-corrected chi connectivity index (χ4v) is 2.09. The number of rotatable bonds is 9. The topological polar surface area (TPSA) is 79.2 Å². The molecular weight excluding hydrogens is 248 g/mol. The van der Waals surface area contributed by atoms with Gasteiger partial charge in [-0.05, 0) is 18.9 Å². The molecule has 0 aliphatic carbocycles. The minimum atomic E-state index is -1.00. The first-order valence-electron chi connectivity index (χ1n) is 7.09. The SMILES string of the molecule is CCCCCC/C=C/O[C@H](CO)[C@H]1OC[C@H](O)[C@H]1O. The molecule has 0 amide bonds. The smallest absolute Gasteiger partial charge is 0.149 e. The fraction of sp³-hybridized carbons (Fsp3) is 0.857. The maximum absolute atomic E-state index is 9.67. The Bertz CT molecular complexity index is 256. The predicted octanol–water partition coefficient (Wildman–Crippen LogP) is 0.969. The Morgan fingerprint density at radius 2 is 2.11 bits per heavy atom. The van der Waals surface area contributed by atoms with Crippen molar-refractivity contribution >= 4 is 0 Å². The summed E-state index contributed by atoms with van der Waals surface area (Å²) in [7, 11) is 0. The largest absolute Gasteiger partial charge is 0.493 e. The summed E-state index contributed by atoms with van der Waals surface area (Å²) in [5, 5.41) is 28.3. The van der Waals surface area contributed by atoms with Crippen LogP contribution in [0.4, 0.5) is 0 Å². The highest BCUT2D eigenvalue weighted by Gasteiger charge is 2.40. The van der Waals surface area contributed by atoms with Crippen molar-refractivity contribution in [2.24, 2.45) is 0 Å². The zero-order valence-electron chi connectivity index (χ0n) is 11.6. The number of allylic oxidation sites excluding steroid dienone is 1. The molecule has 5 heteroatoms. The molecule has 0 bridgehead atoms. The molecule has 1 aliphatic heterocycles. The van der Waals surface area contributed by atoms with E-state index in [9.17, 15) is 15.3 Å². The quantitative estimate of drug-likeness (QED) is 0.431. The molecule has 1 aliphatic rings. The molecule has 0 aromatic rings. The van der Waals surface area contributed by atoms with Crippen molar-refractivity contribution in [2.75, 3.05) is 13.2 Å². The lowest BCUT2D eigenvalue weighted by Crippen LogP contribution is -2.41. The van der Waals surface area contributed by atoms with Gasteiger partial charge in [0.25, 0.3) is 0 Å². The molecule has 5 nitrogen and oxygen atoms in total. The predicted molar refractivity (Wildman–Crippen MR) is 71.6 cm³/mol. The summed E-state index contributed by atoms with van der Waals surface area (Å²) in [5.41, 5.74) is 0. The van der Waals surface area contributed by atoms with Gasteiger partial charge in [-0.3, -0.25) is 0 Å². The summed E-state index contributed by atoms with van der Waals surface area (Å²) in [4.78, 5) is 0. The average molecular weight is 274 g/mol. The number of hydrogen-bond acceptors (Lipinski definition) is 5. The van der Waals surface area contributed by atoms with Gasteiger partial charge in [0.2, 0.25) is 0 Å². The van der Waals surface area contributed by atoms with Gasteiger partial charge in [0, 0.05) is 0 Å². The molecular formula is C14H26O5. The third-order valence-electron chi connectivity index (χ3n) is 3.31. The molecule has 1 saturated heterocycles. The highest BCUT2D eigenvalue weighted by atomic mass is 16.6. The van der Waals surface area contributed by atoms with Crippen LogP contribution in [0.15, 0.2) is 12.3 Å². The second-order valence-corrected chi connectivity index (χ2v) is 4.93. The van der Waals surface area contributed by atoms with E-state index in [1.165, 1.54) is 19.3 Å². The van der Waals surface area contributed by atoms with E-state index in [0.29, 0.717) is 0 Å². The molecule has 19 heavy (non-hydrogen) atoms. The molecule has 0 radical (unpaired) electrons. The zero-order valence-corrected chi connectivity index (χ0v) is 11.6. The number of aliphatic hydroxyl groups excluding tert-OH is 3. The molecule has 4 atom stereocenters. The summed E-state index contributed by atoms with van der Waals surface area (Å²) in [5.74, 6) is 0. The molecule has 0 aromatic heterocycles. The van der Waals surface area contributed by atoms with Crippen molar-refractivity contribution in [1.29, 1.82) is 0 Å². The lowest BCUT2D eigenvalue weighted by Gasteiger charge is -2.23. The van der Waals surface area contributed by atoms with Gasteiger partial charge >= 0.3 is 0 Å². The zero-order chi connectivity index (χ0) is 14.1. The number of ether oxygens (including phenoxy) is 2. The average Bonchev–Trinajstić information content (AvgIpc) is 2.74. The van der Waals surface area contributed by atoms with Crippen LogP contribution in [0.3, 0.4) is 0 Å². The van der Waals surface area contributed by atoms with Crippen LogP contribution >= 0.6 is 0 Å². The normalized spacial score (nSPS) is 28.9. The van der Waals surface area contributed by atoms with E-state index in [4.69, 9.17) is 9.47 Å². The first-order chi connectivity index (χ1) is 9.20. The maximum Gasteiger partial charge on any atom is 0.149 e. The molecule has 0 spiro atoms. The Labute approximate surface area is 114 Å². The van der Waals surface area contributed by atoms with Gasteiger partial charge in [-0.1, -0.05) is 26.2 Å². The molecule has 0 saturated carbocycles. The third-order valence-corrected chi connectivity index (χ3v) is 3.31. The van der Waals surface area contributed by atoms with Gasteiger partial charge in [0.1, 0.15) is 24.4 Å². The number of hydrogen-bond donors (Lipinski definition) is 3. The fourth-order valence-electron chi connectivity index (χ4n) is 2.09. The van der Waals surface area contributed by atoms with Gasteiger partial charge in [-0.25, -0.2) is 0 Å². The second kappa shape index (κ2) is 9.31. The molecule has 0 unspecified atom stereocenters. The van der Waals surface area contributed by atoms with E-state index in [0.717, 1.165) is 12.8 Å². The van der Waals surface area contributed by atoms with Gasteiger partial charge in [-0.15, -0.1) is 0 Å². The van der Waals surface area contributed by atoms with Gasteiger partial charge in [-0.2, -0.15) is 0 Å². The monoisotopic (exact) mass is 274 g/mol. The van der Waals surface area contributed by atoms with Crippen LogP contribution in [-0.2, 0) is 9.47 Å². The highest BCUT2D eigenvalue weighted by Crippen LogP contribution is 2.19. The van der Waals surface area contributed by atoms with Gasteiger partial charge < -0.3 is 24.8 Å². The Morgan fingerprint density at radius 3 is 2.68 bits per heavy atom. The summed E-state index contributed by atoms with van der Waals surface area (Å²) >= 11 is 0. The lowest BCUT2D eigenvalue weighted by molar-refractivity contribution is -0.0737. The summed E-state index contributed by atoms with van der Waals surface area (Å²) in [6.07, 6.45) is 5.97. The number of unbranched alkanes of at least 4 members (excludes halogenated alkanes) is 4. The molecule has 1 rings (SSSR count). The van der Waals surface area contributed by atoms with Crippen molar-refractivity contribution < 1.29 is 24.8 Å². The van der Waals surface area contributed by atoms with E-state index in [-0.39, 0.29) is 13.2 Å². The molecule has 112 valence electrons. The van der Waals surface area contributed by atoms with Gasteiger partial charge in [0.15, 0.2) is 0 Å².